The van der Waals surface area contributed by atoms with E-state index in [9.17, 15) is 14.4 Å². The molecule has 0 radical (unpaired) electrons. The van der Waals surface area contributed by atoms with Crippen LogP contribution in [0.1, 0.15) is 66.0 Å². The molecular formula is C33H49N3O4. The molecule has 0 aromatic heterocycles. The van der Waals surface area contributed by atoms with Gasteiger partial charge in [-0.25, -0.2) is 5.48 Å². The molecule has 0 aliphatic heterocycles. The van der Waals surface area contributed by atoms with Crippen molar-refractivity contribution in [1.82, 2.24) is 16.1 Å². The number of nitrogens with one attached hydrogen (secondary N) is 3. The number of likely N-dealkylation sites (N-methyl/N-ethyl adjacent to an activating group) is 1. The zero-order valence-corrected chi connectivity index (χ0v) is 25.5. The van der Waals surface area contributed by atoms with Gasteiger partial charge < -0.3 is 10.6 Å². The summed E-state index contributed by atoms with van der Waals surface area (Å²) < 4.78 is 0. The smallest absolute Gasteiger partial charge is 0.244 e. The molecule has 3 amide bonds. The molecule has 0 saturated heterocycles. The third-order valence-electron chi connectivity index (χ3n) is 5.07. The third kappa shape index (κ3) is 15.6. The molecule has 0 spiro atoms. The maximum Gasteiger partial charge on any atom is 0.244 e. The van der Waals surface area contributed by atoms with E-state index in [0.29, 0.717) is 6.42 Å². The Hall–Kier alpha value is -3.71. The molecule has 0 aliphatic carbocycles. The van der Waals surface area contributed by atoms with E-state index < -0.39 is 11.8 Å². The number of hydrogen-bond acceptors (Lipinski definition) is 4. The van der Waals surface area contributed by atoms with Gasteiger partial charge in [0.1, 0.15) is 0 Å². The van der Waals surface area contributed by atoms with E-state index in [1.165, 1.54) is 7.05 Å². The second-order valence-corrected chi connectivity index (χ2v) is 9.21. The predicted molar refractivity (Wildman–Crippen MR) is 165 cm³/mol. The number of hydrogen-bond donors (Lipinski definition) is 3. The van der Waals surface area contributed by atoms with Gasteiger partial charge in [0.2, 0.25) is 17.7 Å². The molecular weight excluding hydrogens is 502 g/mol. The lowest BCUT2D eigenvalue weighted by atomic mass is 9.93. The van der Waals surface area contributed by atoms with Crippen molar-refractivity contribution < 1.29 is 19.2 Å². The summed E-state index contributed by atoms with van der Waals surface area (Å²) in [7, 11) is 1.50. The van der Waals surface area contributed by atoms with E-state index in [2.05, 4.69) is 36.9 Å². The molecule has 0 heterocycles. The normalized spacial score (nSPS) is 10.4. The van der Waals surface area contributed by atoms with Crippen molar-refractivity contribution in [2.75, 3.05) is 13.6 Å². The minimum Gasteiger partial charge on any atom is -0.358 e. The van der Waals surface area contributed by atoms with Crippen molar-refractivity contribution in [1.29, 1.82) is 0 Å². The lowest BCUT2D eigenvalue weighted by Gasteiger charge is -2.17. The molecule has 3 aromatic rings. The fourth-order valence-electron chi connectivity index (χ4n) is 3.35. The van der Waals surface area contributed by atoms with Gasteiger partial charge in [0.25, 0.3) is 0 Å². The molecule has 7 heteroatoms. The predicted octanol–water partition coefficient (Wildman–Crippen LogP) is 6.21. The monoisotopic (exact) mass is 551 g/mol. The molecule has 7 nitrogen and oxygen atoms in total. The molecule has 3 N–H and O–H groups in total. The van der Waals surface area contributed by atoms with Gasteiger partial charge in [0, 0.05) is 13.5 Å². The van der Waals surface area contributed by atoms with Crippen LogP contribution in [-0.2, 0) is 32.2 Å². The second-order valence-electron chi connectivity index (χ2n) is 9.21. The van der Waals surface area contributed by atoms with Crippen LogP contribution < -0.4 is 16.1 Å². The Bertz CT molecular complexity index is 1110. The van der Waals surface area contributed by atoms with Crippen LogP contribution in [0.2, 0.25) is 0 Å². The van der Waals surface area contributed by atoms with E-state index in [4.69, 9.17) is 4.84 Å². The largest absolute Gasteiger partial charge is 0.358 e. The number of benzene rings is 3. The van der Waals surface area contributed by atoms with Crippen molar-refractivity contribution in [3.63, 3.8) is 0 Å². The number of hydroxylamine groups is 1. The van der Waals surface area contributed by atoms with Gasteiger partial charge >= 0.3 is 0 Å². The molecule has 3 rings (SSSR count). The van der Waals surface area contributed by atoms with Crippen molar-refractivity contribution >= 4 is 28.5 Å². The maximum atomic E-state index is 12.8. The van der Waals surface area contributed by atoms with Crippen molar-refractivity contribution in [3.8, 4) is 0 Å². The Morgan fingerprint density at radius 3 is 1.93 bits per heavy atom. The lowest BCUT2D eigenvalue weighted by Crippen LogP contribution is -2.40. The van der Waals surface area contributed by atoms with E-state index in [1.54, 1.807) is 0 Å². The standard InChI is InChI=1S/C25H27N3O4.C4H10.2C2H6/c1-26-24(30)16-27-25(31)22(14-19-11-12-20-9-5-6-10-21(20)13-19)15-23(29)28-32-17-18-7-3-2-4-8-18;1-4(2)3;2*1-2/h2-13,22H,14-17H2,1H3,(H,26,30)(H,27,31)(H,28,29);4H,1-3H3;2*1-2H3. The third-order valence-corrected chi connectivity index (χ3v) is 5.07. The fraction of sp³-hybridized carbons (Fsp3) is 0.424. The summed E-state index contributed by atoms with van der Waals surface area (Å²) in [6.45, 7) is 14.6. The molecule has 0 bridgehead atoms. The number of fused-ring (bicyclic) bond motifs is 1. The summed E-state index contributed by atoms with van der Waals surface area (Å²) >= 11 is 0. The average Bonchev–Trinajstić information content (AvgIpc) is 2.97. The van der Waals surface area contributed by atoms with E-state index in [1.807, 2.05) is 100 Å². The highest BCUT2D eigenvalue weighted by Gasteiger charge is 2.23. The van der Waals surface area contributed by atoms with Gasteiger partial charge in [-0.15, -0.1) is 0 Å². The number of rotatable bonds is 10. The molecule has 1 atom stereocenters. The Balaban J connectivity index is 0.00000171. The van der Waals surface area contributed by atoms with Crippen LogP contribution in [0.15, 0.2) is 72.8 Å². The van der Waals surface area contributed by atoms with Crippen molar-refractivity contribution in [2.45, 2.75) is 67.9 Å². The highest BCUT2D eigenvalue weighted by Crippen LogP contribution is 2.19. The Labute approximate surface area is 241 Å². The van der Waals surface area contributed by atoms with Crippen LogP contribution in [-0.4, -0.2) is 31.3 Å². The van der Waals surface area contributed by atoms with Gasteiger partial charge in [-0.1, -0.05) is 121 Å². The zero-order valence-electron chi connectivity index (χ0n) is 25.5. The van der Waals surface area contributed by atoms with Crippen LogP contribution in [0, 0.1) is 11.8 Å². The van der Waals surface area contributed by atoms with Crippen LogP contribution >= 0.6 is 0 Å². The highest BCUT2D eigenvalue weighted by atomic mass is 16.6. The minimum absolute atomic E-state index is 0.0683. The van der Waals surface area contributed by atoms with Gasteiger partial charge in [-0.2, -0.15) is 0 Å². The molecule has 0 saturated carbocycles. The first-order valence-corrected chi connectivity index (χ1v) is 14.2. The molecule has 0 fully saturated rings. The number of amides is 3. The summed E-state index contributed by atoms with van der Waals surface area (Å²) in [4.78, 5) is 42.0. The topological polar surface area (TPSA) is 96.5 Å². The molecule has 0 aliphatic rings. The van der Waals surface area contributed by atoms with Crippen molar-refractivity contribution in [3.05, 3.63) is 83.9 Å². The Morgan fingerprint density at radius 1 is 0.750 bits per heavy atom. The molecule has 220 valence electrons. The molecule has 1 unspecified atom stereocenters. The first-order chi connectivity index (χ1) is 19.3. The van der Waals surface area contributed by atoms with Crippen LogP contribution in [0.5, 0.6) is 0 Å². The Morgan fingerprint density at radius 2 is 1.32 bits per heavy atom. The molecule has 3 aromatic carbocycles. The van der Waals surface area contributed by atoms with Gasteiger partial charge in [-0.05, 0) is 34.2 Å². The summed E-state index contributed by atoms with van der Waals surface area (Å²) in [6.07, 6.45) is 0.289. The SMILES string of the molecule is CC.CC.CC(C)C.CNC(=O)CNC(=O)C(CC(=O)NOCc1ccccc1)Cc1ccc2ccccc2c1. The quantitative estimate of drug-likeness (QED) is 0.261. The Kier molecular flexibility index (Phi) is 20.1. The summed E-state index contributed by atoms with van der Waals surface area (Å²) in [6, 6.07) is 23.4. The minimum atomic E-state index is -0.652. The zero-order chi connectivity index (χ0) is 30.3. The first kappa shape index (κ1) is 36.3. The number of carbonyl (C=O) groups is 3. The van der Waals surface area contributed by atoms with Crippen LogP contribution in [0.3, 0.4) is 0 Å². The summed E-state index contributed by atoms with van der Waals surface area (Å²) in [5.41, 5.74) is 4.26. The summed E-state index contributed by atoms with van der Waals surface area (Å²) in [5, 5.41) is 7.23. The highest BCUT2D eigenvalue weighted by molar-refractivity contribution is 5.89. The van der Waals surface area contributed by atoms with Gasteiger partial charge in [0.05, 0.1) is 19.1 Å². The van der Waals surface area contributed by atoms with E-state index >= 15 is 0 Å². The van der Waals surface area contributed by atoms with E-state index in [-0.39, 0.29) is 31.4 Å². The number of carbonyl (C=O) groups excluding carboxylic acids is 3. The lowest BCUT2D eigenvalue weighted by molar-refractivity contribution is -0.139. The molecule has 40 heavy (non-hydrogen) atoms. The average molecular weight is 552 g/mol. The van der Waals surface area contributed by atoms with Gasteiger partial charge in [-0.3, -0.25) is 19.2 Å². The van der Waals surface area contributed by atoms with E-state index in [0.717, 1.165) is 27.8 Å². The van der Waals surface area contributed by atoms with Crippen molar-refractivity contribution in [2.24, 2.45) is 11.8 Å². The maximum absolute atomic E-state index is 12.8. The second kappa shape index (κ2) is 22.1. The first-order valence-electron chi connectivity index (χ1n) is 14.2. The van der Waals surface area contributed by atoms with Crippen LogP contribution in [0.4, 0.5) is 0 Å². The van der Waals surface area contributed by atoms with Crippen LogP contribution in [0.25, 0.3) is 10.8 Å². The summed E-state index contributed by atoms with van der Waals surface area (Å²) in [5.74, 6) is -0.888. The fourth-order valence-corrected chi connectivity index (χ4v) is 3.35. The van der Waals surface area contributed by atoms with Gasteiger partial charge in [0.15, 0.2) is 0 Å².